The molecule has 2 amide bonds. The molecule has 5 nitrogen and oxygen atoms in total. The van der Waals surface area contributed by atoms with E-state index in [1.807, 2.05) is 18.7 Å². The number of anilines is 2. The van der Waals surface area contributed by atoms with Gasteiger partial charge in [0, 0.05) is 30.0 Å². The number of carbonyl (C=O) groups excluding carboxylic acids is 2. The minimum atomic E-state index is -4.47. The highest BCUT2D eigenvalue weighted by molar-refractivity contribution is 5.95. The van der Waals surface area contributed by atoms with Crippen LogP contribution in [0.1, 0.15) is 42.6 Å². The molecule has 0 aromatic heterocycles. The number of hydrogen-bond acceptors (Lipinski definition) is 3. The summed E-state index contributed by atoms with van der Waals surface area (Å²) in [5, 5.41) is 5.33. The van der Waals surface area contributed by atoms with Crippen LogP contribution >= 0.6 is 0 Å². The minimum Gasteiger partial charge on any atom is -0.376 e. The van der Waals surface area contributed by atoms with Crippen molar-refractivity contribution in [2.24, 2.45) is 0 Å². The lowest BCUT2D eigenvalue weighted by Crippen LogP contribution is -2.32. The Kier molecular flexibility index (Phi) is 8.26. The van der Waals surface area contributed by atoms with E-state index in [9.17, 15) is 22.8 Å². The first-order chi connectivity index (χ1) is 14.2. The molecule has 0 bridgehead atoms. The number of amides is 2. The van der Waals surface area contributed by atoms with E-state index in [1.165, 1.54) is 12.1 Å². The second-order valence-corrected chi connectivity index (χ2v) is 6.85. The molecular formula is C22H26F3N3O2. The fourth-order valence-corrected chi connectivity index (χ4v) is 2.93. The molecule has 2 rings (SSSR count). The van der Waals surface area contributed by atoms with Gasteiger partial charge >= 0.3 is 6.18 Å². The fraction of sp³-hybridized carbons (Fsp3) is 0.364. The number of rotatable bonds is 9. The van der Waals surface area contributed by atoms with E-state index in [0.29, 0.717) is 24.3 Å². The number of carbonyl (C=O) groups is 2. The average Bonchev–Trinajstić information content (AvgIpc) is 2.71. The van der Waals surface area contributed by atoms with Crippen LogP contribution in [-0.2, 0) is 11.0 Å². The van der Waals surface area contributed by atoms with Gasteiger partial charge in [-0.25, -0.2) is 0 Å². The summed E-state index contributed by atoms with van der Waals surface area (Å²) < 4.78 is 38.2. The molecule has 0 heterocycles. The first-order valence-electron chi connectivity index (χ1n) is 9.85. The van der Waals surface area contributed by atoms with E-state index >= 15 is 0 Å². The van der Waals surface area contributed by atoms with Crippen LogP contribution in [0.5, 0.6) is 0 Å². The Labute approximate surface area is 174 Å². The molecule has 30 heavy (non-hydrogen) atoms. The molecule has 0 saturated carbocycles. The lowest BCUT2D eigenvalue weighted by Gasteiger charge is -2.21. The Hall–Kier alpha value is -3.03. The maximum atomic E-state index is 12.7. The van der Waals surface area contributed by atoms with Crippen molar-refractivity contribution in [2.45, 2.75) is 32.9 Å². The van der Waals surface area contributed by atoms with Gasteiger partial charge in [0.05, 0.1) is 12.1 Å². The first kappa shape index (κ1) is 23.3. The maximum absolute atomic E-state index is 12.7. The zero-order valence-corrected chi connectivity index (χ0v) is 17.1. The molecule has 0 spiro atoms. The summed E-state index contributed by atoms with van der Waals surface area (Å²) in [6.45, 7) is 5.31. The topological polar surface area (TPSA) is 61.4 Å². The van der Waals surface area contributed by atoms with Gasteiger partial charge in [0.1, 0.15) is 0 Å². The summed E-state index contributed by atoms with van der Waals surface area (Å²) in [6, 6.07) is 11.2. The molecule has 0 unspecified atom stereocenters. The summed E-state index contributed by atoms with van der Waals surface area (Å²) in [5.74, 6) is -0.515. The predicted octanol–water partition coefficient (Wildman–Crippen LogP) is 5.02. The predicted molar refractivity (Wildman–Crippen MR) is 111 cm³/mol. The van der Waals surface area contributed by atoms with Crippen molar-refractivity contribution in [1.82, 2.24) is 4.90 Å². The molecule has 0 aliphatic heterocycles. The van der Waals surface area contributed by atoms with Crippen LogP contribution in [0.3, 0.4) is 0 Å². The zero-order chi connectivity index (χ0) is 22.1. The normalized spacial score (nSPS) is 11.1. The SMILES string of the molecule is CCCN(CCC)C(=O)c1ccc(NCC(=O)Nc2cccc(C(F)(F)F)c2)cc1. The number of alkyl halides is 3. The number of benzene rings is 2. The van der Waals surface area contributed by atoms with Crippen LogP contribution in [0.15, 0.2) is 48.5 Å². The van der Waals surface area contributed by atoms with Gasteiger partial charge in [-0.3, -0.25) is 9.59 Å². The largest absolute Gasteiger partial charge is 0.416 e. The van der Waals surface area contributed by atoms with E-state index in [2.05, 4.69) is 10.6 Å². The Morgan fingerprint density at radius 1 is 0.933 bits per heavy atom. The van der Waals surface area contributed by atoms with E-state index in [1.54, 1.807) is 24.3 Å². The fourth-order valence-electron chi connectivity index (χ4n) is 2.93. The highest BCUT2D eigenvalue weighted by atomic mass is 19.4. The average molecular weight is 421 g/mol. The standard InChI is InChI=1S/C22H26F3N3O2/c1-3-12-28(13-4-2)21(30)16-8-10-18(11-9-16)26-15-20(29)27-19-7-5-6-17(14-19)22(23,24)25/h5-11,14,26H,3-4,12-13,15H2,1-2H3,(H,27,29). The maximum Gasteiger partial charge on any atom is 0.416 e. The van der Waals surface area contributed by atoms with Gasteiger partial charge in [0.2, 0.25) is 5.91 Å². The van der Waals surface area contributed by atoms with E-state index in [4.69, 9.17) is 0 Å². The lowest BCUT2D eigenvalue weighted by atomic mass is 10.1. The van der Waals surface area contributed by atoms with Crippen molar-refractivity contribution >= 4 is 23.2 Å². The number of hydrogen-bond donors (Lipinski definition) is 2. The summed E-state index contributed by atoms with van der Waals surface area (Å²) in [6.07, 6.45) is -2.71. The van der Waals surface area contributed by atoms with Gasteiger partial charge < -0.3 is 15.5 Å². The summed E-state index contributed by atoms with van der Waals surface area (Å²) >= 11 is 0. The van der Waals surface area contributed by atoms with Gasteiger partial charge in [0.25, 0.3) is 5.91 Å². The first-order valence-corrected chi connectivity index (χ1v) is 9.85. The second kappa shape index (κ2) is 10.7. The van der Waals surface area contributed by atoms with Gasteiger partial charge in [-0.2, -0.15) is 13.2 Å². The molecule has 0 atom stereocenters. The molecule has 2 aromatic rings. The number of nitrogens with one attached hydrogen (secondary N) is 2. The highest BCUT2D eigenvalue weighted by Crippen LogP contribution is 2.30. The summed E-state index contributed by atoms with van der Waals surface area (Å²) in [7, 11) is 0. The smallest absolute Gasteiger partial charge is 0.376 e. The van der Waals surface area contributed by atoms with Crippen molar-refractivity contribution in [3.63, 3.8) is 0 Å². The van der Waals surface area contributed by atoms with Crippen LogP contribution < -0.4 is 10.6 Å². The molecule has 0 aliphatic carbocycles. The van der Waals surface area contributed by atoms with Crippen LogP contribution in [-0.4, -0.2) is 36.3 Å². The number of halogens is 3. The van der Waals surface area contributed by atoms with Crippen LogP contribution in [0.4, 0.5) is 24.5 Å². The Balaban J connectivity index is 1.92. The third-order valence-electron chi connectivity index (χ3n) is 4.33. The molecule has 0 saturated heterocycles. The van der Waals surface area contributed by atoms with Crippen molar-refractivity contribution in [3.8, 4) is 0 Å². The molecule has 2 aromatic carbocycles. The van der Waals surface area contributed by atoms with Crippen LogP contribution in [0.2, 0.25) is 0 Å². The molecule has 8 heteroatoms. The summed E-state index contributed by atoms with van der Waals surface area (Å²) in [5.41, 5.74) is 0.442. The lowest BCUT2D eigenvalue weighted by molar-refractivity contribution is -0.137. The molecule has 0 aliphatic rings. The van der Waals surface area contributed by atoms with E-state index in [0.717, 1.165) is 25.0 Å². The third-order valence-corrected chi connectivity index (χ3v) is 4.33. The van der Waals surface area contributed by atoms with Crippen molar-refractivity contribution in [2.75, 3.05) is 30.3 Å². The van der Waals surface area contributed by atoms with E-state index in [-0.39, 0.29) is 18.1 Å². The van der Waals surface area contributed by atoms with Crippen molar-refractivity contribution < 1.29 is 22.8 Å². The Morgan fingerprint density at radius 2 is 1.57 bits per heavy atom. The molecule has 2 N–H and O–H groups in total. The Bertz CT molecular complexity index is 845. The van der Waals surface area contributed by atoms with Crippen LogP contribution in [0, 0.1) is 0 Å². The Morgan fingerprint density at radius 3 is 2.13 bits per heavy atom. The van der Waals surface area contributed by atoms with Crippen molar-refractivity contribution in [1.29, 1.82) is 0 Å². The van der Waals surface area contributed by atoms with Gasteiger partial charge in [-0.05, 0) is 55.3 Å². The molecule has 0 radical (unpaired) electrons. The quantitative estimate of drug-likeness (QED) is 0.598. The second-order valence-electron chi connectivity index (χ2n) is 6.85. The van der Waals surface area contributed by atoms with Gasteiger partial charge in [-0.15, -0.1) is 0 Å². The molecular weight excluding hydrogens is 395 g/mol. The highest BCUT2D eigenvalue weighted by Gasteiger charge is 2.30. The van der Waals surface area contributed by atoms with Gasteiger partial charge in [0.15, 0.2) is 0 Å². The third kappa shape index (κ3) is 6.79. The summed E-state index contributed by atoms with van der Waals surface area (Å²) in [4.78, 5) is 26.4. The molecule has 0 fully saturated rings. The van der Waals surface area contributed by atoms with Crippen molar-refractivity contribution in [3.05, 3.63) is 59.7 Å². The number of nitrogens with zero attached hydrogens (tertiary/aromatic N) is 1. The van der Waals surface area contributed by atoms with E-state index < -0.39 is 17.6 Å². The van der Waals surface area contributed by atoms with Gasteiger partial charge in [-0.1, -0.05) is 19.9 Å². The molecule has 162 valence electrons. The monoisotopic (exact) mass is 421 g/mol. The van der Waals surface area contributed by atoms with Crippen LogP contribution in [0.25, 0.3) is 0 Å². The minimum absolute atomic E-state index is 0.0347. The zero-order valence-electron chi connectivity index (χ0n) is 17.1.